The van der Waals surface area contributed by atoms with Gasteiger partial charge in [-0.15, -0.1) is 0 Å². The van der Waals surface area contributed by atoms with Gasteiger partial charge in [-0.1, -0.05) is 5.16 Å². The summed E-state index contributed by atoms with van der Waals surface area (Å²) in [4.78, 5) is 0. The maximum atomic E-state index is 5.33. The zero-order valence-corrected chi connectivity index (χ0v) is 10.0. The van der Waals surface area contributed by atoms with Gasteiger partial charge in [-0.25, -0.2) is 0 Å². The van der Waals surface area contributed by atoms with Crippen molar-refractivity contribution in [1.29, 1.82) is 0 Å². The van der Waals surface area contributed by atoms with Crippen LogP contribution in [0.5, 0.6) is 0 Å². The van der Waals surface area contributed by atoms with Gasteiger partial charge < -0.3 is 9.84 Å². The third kappa shape index (κ3) is 1.63. The molecule has 0 aliphatic carbocycles. The van der Waals surface area contributed by atoms with E-state index < -0.39 is 0 Å². The molecule has 0 aliphatic rings. The SMILES string of the molecule is CNCc1cnoc1-c1c(C)nn(C)c1C. The minimum absolute atomic E-state index is 0.743. The summed E-state index contributed by atoms with van der Waals surface area (Å²) in [6.07, 6.45) is 1.75. The van der Waals surface area contributed by atoms with Crippen LogP contribution in [0.4, 0.5) is 0 Å². The highest BCUT2D eigenvalue weighted by atomic mass is 16.5. The minimum Gasteiger partial charge on any atom is -0.356 e. The molecule has 86 valence electrons. The van der Waals surface area contributed by atoms with Crippen molar-refractivity contribution in [1.82, 2.24) is 20.3 Å². The van der Waals surface area contributed by atoms with Crippen molar-refractivity contribution in [2.24, 2.45) is 7.05 Å². The summed E-state index contributed by atoms with van der Waals surface area (Å²) in [5.41, 5.74) is 4.16. The third-order valence-corrected chi connectivity index (χ3v) is 2.75. The summed E-state index contributed by atoms with van der Waals surface area (Å²) < 4.78 is 7.19. The van der Waals surface area contributed by atoms with E-state index in [1.165, 1.54) is 0 Å². The molecule has 0 fully saturated rings. The van der Waals surface area contributed by atoms with Crippen molar-refractivity contribution in [3.63, 3.8) is 0 Å². The fourth-order valence-electron chi connectivity index (χ4n) is 1.88. The number of aromatic nitrogens is 3. The highest BCUT2D eigenvalue weighted by molar-refractivity contribution is 5.66. The summed E-state index contributed by atoms with van der Waals surface area (Å²) in [6.45, 7) is 4.75. The smallest absolute Gasteiger partial charge is 0.175 e. The van der Waals surface area contributed by atoms with E-state index in [-0.39, 0.29) is 0 Å². The van der Waals surface area contributed by atoms with Crippen LogP contribution in [0.25, 0.3) is 11.3 Å². The van der Waals surface area contributed by atoms with E-state index in [1.807, 2.05) is 32.6 Å². The normalized spacial score (nSPS) is 11.0. The standard InChI is InChI=1S/C11H16N4O/c1-7-10(8(2)15(4)14-7)11-9(5-12-3)6-13-16-11/h6,12H,5H2,1-4H3. The van der Waals surface area contributed by atoms with Crippen molar-refractivity contribution in [2.45, 2.75) is 20.4 Å². The molecule has 2 aromatic rings. The second kappa shape index (κ2) is 4.09. The highest BCUT2D eigenvalue weighted by Crippen LogP contribution is 2.29. The molecule has 1 N–H and O–H groups in total. The fourth-order valence-corrected chi connectivity index (χ4v) is 1.88. The molecular weight excluding hydrogens is 204 g/mol. The molecule has 16 heavy (non-hydrogen) atoms. The zero-order chi connectivity index (χ0) is 11.7. The lowest BCUT2D eigenvalue weighted by molar-refractivity contribution is 0.431. The van der Waals surface area contributed by atoms with Crippen LogP contribution in [0, 0.1) is 13.8 Å². The summed E-state index contributed by atoms with van der Waals surface area (Å²) in [6, 6.07) is 0. The quantitative estimate of drug-likeness (QED) is 0.849. The Morgan fingerprint density at radius 2 is 2.19 bits per heavy atom. The Bertz CT molecular complexity index is 498. The Morgan fingerprint density at radius 1 is 1.44 bits per heavy atom. The van der Waals surface area contributed by atoms with Gasteiger partial charge in [0.1, 0.15) is 0 Å². The number of nitrogens with zero attached hydrogens (tertiary/aromatic N) is 3. The number of aryl methyl sites for hydroxylation is 2. The Morgan fingerprint density at radius 3 is 2.75 bits per heavy atom. The average molecular weight is 220 g/mol. The molecule has 0 atom stereocenters. The van der Waals surface area contributed by atoms with Crippen molar-refractivity contribution >= 4 is 0 Å². The van der Waals surface area contributed by atoms with Gasteiger partial charge in [-0.05, 0) is 20.9 Å². The van der Waals surface area contributed by atoms with E-state index in [0.29, 0.717) is 0 Å². The van der Waals surface area contributed by atoms with Gasteiger partial charge in [-0.3, -0.25) is 4.68 Å². The van der Waals surface area contributed by atoms with Crippen molar-refractivity contribution in [3.05, 3.63) is 23.1 Å². The summed E-state index contributed by atoms with van der Waals surface area (Å²) in [5, 5.41) is 11.3. The molecule has 5 heteroatoms. The van der Waals surface area contributed by atoms with E-state index in [2.05, 4.69) is 15.6 Å². The molecule has 0 bridgehead atoms. The van der Waals surface area contributed by atoms with Gasteiger partial charge in [0.25, 0.3) is 0 Å². The number of rotatable bonds is 3. The molecule has 2 rings (SSSR count). The molecule has 0 unspecified atom stereocenters. The van der Waals surface area contributed by atoms with Crippen LogP contribution in [0.3, 0.4) is 0 Å². The van der Waals surface area contributed by atoms with Crippen LogP contribution in [0.2, 0.25) is 0 Å². The van der Waals surface area contributed by atoms with E-state index in [4.69, 9.17) is 4.52 Å². The number of nitrogens with one attached hydrogen (secondary N) is 1. The lowest BCUT2D eigenvalue weighted by atomic mass is 10.1. The maximum absolute atomic E-state index is 5.33. The van der Waals surface area contributed by atoms with E-state index in [1.54, 1.807) is 6.20 Å². The molecule has 0 aliphatic heterocycles. The zero-order valence-electron chi connectivity index (χ0n) is 10.0. The summed E-state index contributed by atoms with van der Waals surface area (Å²) in [5.74, 6) is 0.817. The van der Waals surface area contributed by atoms with Crippen LogP contribution in [0.1, 0.15) is 17.0 Å². The molecular formula is C11H16N4O. The fraction of sp³-hybridized carbons (Fsp3) is 0.455. The third-order valence-electron chi connectivity index (χ3n) is 2.75. The lowest BCUT2D eigenvalue weighted by Gasteiger charge is -2.01. The second-order valence-corrected chi connectivity index (χ2v) is 3.88. The van der Waals surface area contributed by atoms with Crippen molar-refractivity contribution in [2.75, 3.05) is 7.05 Å². The monoisotopic (exact) mass is 220 g/mol. The molecule has 0 aromatic carbocycles. The first-order valence-corrected chi connectivity index (χ1v) is 5.24. The van der Waals surface area contributed by atoms with Crippen LogP contribution in [-0.2, 0) is 13.6 Å². The predicted octanol–water partition coefficient (Wildman–Crippen LogP) is 1.41. The Hall–Kier alpha value is -1.62. The molecule has 2 aromatic heterocycles. The van der Waals surface area contributed by atoms with Gasteiger partial charge >= 0.3 is 0 Å². The van der Waals surface area contributed by atoms with Crippen LogP contribution in [-0.4, -0.2) is 22.0 Å². The Labute approximate surface area is 94.4 Å². The van der Waals surface area contributed by atoms with Gasteiger partial charge in [-0.2, -0.15) is 5.10 Å². The lowest BCUT2D eigenvalue weighted by Crippen LogP contribution is -2.05. The first kappa shape index (κ1) is 10.9. The van der Waals surface area contributed by atoms with E-state index in [0.717, 1.165) is 34.8 Å². The Balaban J connectivity index is 2.54. The van der Waals surface area contributed by atoms with Crippen molar-refractivity contribution in [3.8, 4) is 11.3 Å². The van der Waals surface area contributed by atoms with Crippen molar-refractivity contribution < 1.29 is 4.52 Å². The largest absolute Gasteiger partial charge is 0.356 e. The van der Waals surface area contributed by atoms with Gasteiger partial charge in [0, 0.05) is 24.8 Å². The molecule has 0 amide bonds. The first-order valence-electron chi connectivity index (χ1n) is 5.24. The highest BCUT2D eigenvalue weighted by Gasteiger charge is 2.18. The molecule has 0 saturated heterocycles. The molecule has 0 radical (unpaired) electrons. The van der Waals surface area contributed by atoms with Crippen LogP contribution in [0.15, 0.2) is 10.7 Å². The summed E-state index contributed by atoms with van der Waals surface area (Å²) in [7, 11) is 3.83. The summed E-state index contributed by atoms with van der Waals surface area (Å²) >= 11 is 0. The number of hydrogen-bond acceptors (Lipinski definition) is 4. The van der Waals surface area contributed by atoms with Gasteiger partial charge in [0.15, 0.2) is 5.76 Å². The second-order valence-electron chi connectivity index (χ2n) is 3.88. The van der Waals surface area contributed by atoms with Crippen LogP contribution >= 0.6 is 0 Å². The average Bonchev–Trinajstić information content (AvgIpc) is 2.75. The Kier molecular flexibility index (Phi) is 2.78. The molecule has 5 nitrogen and oxygen atoms in total. The van der Waals surface area contributed by atoms with E-state index >= 15 is 0 Å². The minimum atomic E-state index is 0.743. The van der Waals surface area contributed by atoms with Gasteiger partial charge in [0.2, 0.25) is 0 Å². The van der Waals surface area contributed by atoms with Gasteiger partial charge in [0.05, 0.1) is 17.5 Å². The topological polar surface area (TPSA) is 55.9 Å². The van der Waals surface area contributed by atoms with E-state index in [9.17, 15) is 0 Å². The predicted molar refractivity (Wildman–Crippen MR) is 60.9 cm³/mol. The molecule has 0 spiro atoms. The first-order chi connectivity index (χ1) is 7.65. The maximum Gasteiger partial charge on any atom is 0.175 e. The molecule has 0 saturated carbocycles. The molecule has 2 heterocycles. The number of hydrogen-bond donors (Lipinski definition) is 1. The van der Waals surface area contributed by atoms with Crippen LogP contribution < -0.4 is 5.32 Å².